The van der Waals surface area contributed by atoms with Crippen LogP contribution in [0.15, 0.2) is 52.9 Å². The molecule has 0 spiro atoms. The number of methoxy groups -OCH3 is 2. The number of ether oxygens (including phenoxy) is 2. The van der Waals surface area contributed by atoms with Crippen LogP contribution in [0.4, 0.5) is 5.88 Å². The van der Waals surface area contributed by atoms with E-state index in [2.05, 4.69) is 26.6 Å². The molecular formula is C27H27N5O6. The number of carbonyl (C=O) groups excluding carboxylic acids is 1. The summed E-state index contributed by atoms with van der Waals surface area (Å²) in [5.74, 6) is -1.05. The van der Waals surface area contributed by atoms with E-state index in [0.717, 1.165) is 22.8 Å². The fourth-order valence-electron chi connectivity index (χ4n) is 4.50. The summed E-state index contributed by atoms with van der Waals surface area (Å²) in [6, 6.07) is 15.9. The summed E-state index contributed by atoms with van der Waals surface area (Å²) in [5.41, 5.74) is 2.21. The van der Waals surface area contributed by atoms with Crippen molar-refractivity contribution in [3.63, 3.8) is 0 Å². The zero-order chi connectivity index (χ0) is 26.6. The Bertz CT molecular complexity index is 1490. The Labute approximate surface area is 218 Å². The number of carbonyl (C=O) groups is 2. The first-order chi connectivity index (χ1) is 18.4. The second-order valence-electron chi connectivity index (χ2n) is 8.96. The minimum Gasteiger partial charge on any atom is -0.480 e. The maximum absolute atomic E-state index is 13.2. The molecule has 2 aromatic carbocycles. The molecule has 5 rings (SSSR count). The fraction of sp³-hybridized carbons (Fsp3) is 0.296. The van der Waals surface area contributed by atoms with Crippen LogP contribution in [0, 0.1) is 0 Å². The molecule has 1 fully saturated rings. The van der Waals surface area contributed by atoms with E-state index >= 15 is 0 Å². The van der Waals surface area contributed by atoms with E-state index in [1.807, 2.05) is 36.4 Å². The molecule has 0 bridgehead atoms. The summed E-state index contributed by atoms with van der Waals surface area (Å²) in [6.45, 7) is 0.691. The highest BCUT2D eigenvalue weighted by Gasteiger charge is 2.29. The average Bonchev–Trinajstić information content (AvgIpc) is 3.58. The number of carboxylic acids is 1. The van der Waals surface area contributed by atoms with Gasteiger partial charge in [0.25, 0.3) is 23.6 Å². The highest BCUT2D eigenvalue weighted by atomic mass is 16.5. The zero-order valence-electron chi connectivity index (χ0n) is 21.0. The number of aromatic nitrogens is 3. The van der Waals surface area contributed by atoms with Crippen molar-refractivity contribution in [1.82, 2.24) is 20.1 Å². The third-order valence-corrected chi connectivity index (χ3v) is 6.46. The molecule has 0 radical (unpaired) electrons. The topological polar surface area (TPSA) is 140 Å². The van der Waals surface area contributed by atoms with Gasteiger partial charge in [0.05, 0.1) is 13.2 Å². The van der Waals surface area contributed by atoms with Crippen LogP contribution < -0.4 is 10.1 Å². The Hall–Kier alpha value is -4.51. The quantitative estimate of drug-likeness (QED) is 0.340. The van der Waals surface area contributed by atoms with Gasteiger partial charge >= 0.3 is 5.97 Å². The second kappa shape index (κ2) is 10.9. The maximum Gasteiger partial charge on any atom is 0.322 e. The van der Waals surface area contributed by atoms with Gasteiger partial charge in [-0.15, -0.1) is 10.2 Å². The number of oxazole rings is 1. The Morgan fingerprint density at radius 3 is 2.68 bits per heavy atom. The first-order valence-corrected chi connectivity index (χ1v) is 12.1. The third-order valence-electron chi connectivity index (χ3n) is 6.46. The molecule has 3 heterocycles. The number of hydrogen-bond donors (Lipinski definition) is 2. The number of benzene rings is 2. The molecule has 1 amide bonds. The fourth-order valence-corrected chi connectivity index (χ4v) is 4.50. The summed E-state index contributed by atoms with van der Waals surface area (Å²) in [6.07, 6.45) is 1.19. The van der Waals surface area contributed by atoms with Crippen LogP contribution in [0.3, 0.4) is 0 Å². The van der Waals surface area contributed by atoms with Crippen LogP contribution in [0.25, 0.3) is 22.4 Å². The van der Waals surface area contributed by atoms with Gasteiger partial charge in [-0.05, 0) is 40.8 Å². The van der Waals surface area contributed by atoms with E-state index in [9.17, 15) is 9.59 Å². The number of likely N-dealkylation sites (tertiary alicyclic amines) is 1. The number of anilines is 1. The van der Waals surface area contributed by atoms with Gasteiger partial charge in [-0.3, -0.25) is 9.59 Å². The number of aliphatic carboxylic acids is 1. The lowest BCUT2D eigenvalue weighted by Gasteiger charge is -2.16. The smallest absolute Gasteiger partial charge is 0.322 e. The lowest BCUT2D eigenvalue weighted by molar-refractivity contribution is -0.134. The molecule has 11 nitrogen and oxygen atoms in total. The van der Waals surface area contributed by atoms with Crippen molar-refractivity contribution in [3.8, 4) is 17.5 Å². The van der Waals surface area contributed by atoms with Crippen LogP contribution in [0.1, 0.15) is 28.0 Å². The van der Waals surface area contributed by atoms with Crippen LogP contribution >= 0.6 is 0 Å². The zero-order valence-corrected chi connectivity index (χ0v) is 21.0. The summed E-state index contributed by atoms with van der Waals surface area (Å²) in [5, 5.41) is 22.4. The number of nitrogens with one attached hydrogen (secondary N) is 1. The highest BCUT2D eigenvalue weighted by molar-refractivity contribution is 5.93. The predicted molar refractivity (Wildman–Crippen MR) is 138 cm³/mol. The molecule has 0 saturated carbocycles. The normalized spacial score (nSPS) is 15.1. The Morgan fingerprint density at radius 1 is 1.13 bits per heavy atom. The van der Waals surface area contributed by atoms with E-state index in [1.54, 1.807) is 18.1 Å². The minimum absolute atomic E-state index is 0.000223. The van der Waals surface area contributed by atoms with Crippen LogP contribution in [-0.4, -0.2) is 77.0 Å². The van der Waals surface area contributed by atoms with Crippen LogP contribution in [0.2, 0.25) is 0 Å². The SMILES string of the molecule is COc1nc(-c2nnc(C(=O)N3CCC(OC)C3)cc2Cc2ccc3ccccc3c2)oc1NCC(=O)O. The number of amides is 1. The van der Waals surface area contributed by atoms with Crippen LogP contribution in [-0.2, 0) is 16.0 Å². The number of nitrogens with zero attached hydrogens (tertiary/aromatic N) is 4. The summed E-state index contributed by atoms with van der Waals surface area (Å²) >= 11 is 0. The lowest BCUT2D eigenvalue weighted by Crippen LogP contribution is -2.31. The maximum atomic E-state index is 13.2. The van der Waals surface area contributed by atoms with Gasteiger partial charge in [-0.2, -0.15) is 4.98 Å². The van der Waals surface area contributed by atoms with Gasteiger partial charge in [-0.25, -0.2) is 0 Å². The van der Waals surface area contributed by atoms with E-state index in [1.165, 1.54) is 7.11 Å². The summed E-state index contributed by atoms with van der Waals surface area (Å²) < 4.78 is 16.4. The molecule has 4 aromatic rings. The first kappa shape index (κ1) is 25.2. The molecule has 2 N–H and O–H groups in total. The number of hydrogen-bond acceptors (Lipinski definition) is 9. The van der Waals surface area contributed by atoms with Crippen molar-refractivity contribution in [2.45, 2.75) is 18.9 Å². The van der Waals surface area contributed by atoms with Gasteiger partial charge in [0.1, 0.15) is 6.54 Å². The monoisotopic (exact) mass is 517 g/mol. The predicted octanol–water partition coefficient (Wildman–Crippen LogP) is 3.24. The largest absolute Gasteiger partial charge is 0.480 e. The molecule has 1 aliphatic rings. The second-order valence-corrected chi connectivity index (χ2v) is 8.96. The van der Waals surface area contributed by atoms with E-state index in [-0.39, 0.29) is 41.9 Å². The molecule has 2 aromatic heterocycles. The third kappa shape index (κ3) is 5.28. The van der Waals surface area contributed by atoms with Crippen molar-refractivity contribution >= 4 is 28.5 Å². The van der Waals surface area contributed by atoms with E-state index in [0.29, 0.717) is 30.8 Å². The van der Waals surface area contributed by atoms with Crippen molar-refractivity contribution < 1.29 is 28.6 Å². The van der Waals surface area contributed by atoms with E-state index in [4.69, 9.17) is 19.0 Å². The molecule has 1 saturated heterocycles. The van der Waals surface area contributed by atoms with Crippen molar-refractivity contribution in [2.24, 2.45) is 0 Å². The highest BCUT2D eigenvalue weighted by Crippen LogP contribution is 2.32. The standard InChI is InChI=1S/C27H27N5O6/c1-36-20-9-10-32(15-20)27(35)21-13-19(12-16-7-8-17-5-3-4-6-18(17)11-16)23(31-30-21)24-29-26(37-2)25(38-24)28-14-22(33)34/h3-8,11,13,20,28H,9-10,12,14-15H2,1-2H3,(H,33,34). The molecule has 11 heteroatoms. The van der Waals surface area contributed by atoms with Gasteiger partial charge in [0, 0.05) is 20.2 Å². The summed E-state index contributed by atoms with van der Waals surface area (Å²) in [7, 11) is 3.04. The molecule has 0 aliphatic carbocycles. The number of rotatable bonds is 9. The Morgan fingerprint density at radius 2 is 1.95 bits per heavy atom. The number of carboxylic acid groups (broad SMARTS) is 1. The lowest BCUT2D eigenvalue weighted by atomic mass is 10.00. The molecule has 1 aliphatic heterocycles. The van der Waals surface area contributed by atoms with E-state index < -0.39 is 5.97 Å². The number of fused-ring (bicyclic) bond motifs is 1. The van der Waals surface area contributed by atoms with Crippen LogP contribution in [0.5, 0.6) is 5.88 Å². The molecule has 196 valence electrons. The molecule has 1 atom stereocenters. The van der Waals surface area contributed by atoms with Gasteiger partial charge in [0.15, 0.2) is 11.4 Å². The first-order valence-electron chi connectivity index (χ1n) is 12.1. The van der Waals surface area contributed by atoms with Gasteiger partial charge in [0.2, 0.25) is 0 Å². The molecular weight excluding hydrogens is 490 g/mol. The molecule has 38 heavy (non-hydrogen) atoms. The Kier molecular flexibility index (Phi) is 7.18. The Balaban J connectivity index is 1.53. The van der Waals surface area contributed by atoms with Crippen molar-refractivity contribution in [3.05, 3.63) is 65.4 Å². The average molecular weight is 518 g/mol. The van der Waals surface area contributed by atoms with Gasteiger partial charge < -0.3 is 29.2 Å². The van der Waals surface area contributed by atoms with Crippen molar-refractivity contribution in [2.75, 3.05) is 39.2 Å². The molecule has 1 unspecified atom stereocenters. The van der Waals surface area contributed by atoms with Crippen molar-refractivity contribution in [1.29, 1.82) is 0 Å². The van der Waals surface area contributed by atoms with Gasteiger partial charge in [-0.1, -0.05) is 42.5 Å². The summed E-state index contributed by atoms with van der Waals surface area (Å²) in [4.78, 5) is 30.3. The minimum atomic E-state index is -1.07.